The number of nitrogens with zero attached hydrogens (tertiary/aromatic N) is 2. The number of fused-ring (bicyclic) bond motifs is 1. The zero-order valence-corrected chi connectivity index (χ0v) is 10.8. The van der Waals surface area contributed by atoms with E-state index in [4.69, 9.17) is 4.74 Å². The van der Waals surface area contributed by atoms with Crippen molar-refractivity contribution in [2.75, 3.05) is 18.6 Å². The highest BCUT2D eigenvalue weighted by Crippen LogP contribution is 2.35. The molecule has 0 aromatic heterocycles. The van der Waals surface area contributed by atoms with E-state index in [9.17, 15) is 10.1 Å². The molecule has 1 atom stereocenters. The summed E-state index contributed by atoms with van der Waals surface area (Å²) in [5, 5.41) is 9.19. The maximum absolute atomic E-state index is 11.5. The van der Waals surface area contributed by atoms with Gasteiger partial charge in [0.05, 0.1) is 17.7 Å². The van der Waals surface area contributed by atoms with Gasteiger partial charge in [-0.1, -0.05) is 19.9 Å². The second-order valence-corrected chi connectivity index (χ2v) is 4.82. The van der Waals surface area contributed by atoms with Crippen LogP contribution in [0.1, 0.15) is 25.3 Å². The molecular weight excluding hydrogens is 228 g/mol. The zero-order chi connectivity index (χ0) is 13.3. The monoisotopic (exact) mass is 244 g/mol. The summed E-state index contributed by atoms with van der Waals surface area (Å²) in [7, 11) is 1.73. The van der Waals surface area contributed by atoms with Crippen LogP contribution in [0.5, 0.6) is 5.75 Å². The number of amides is 1. The number of hydrogen-bond donors (Lipinski definition) is 0. The summed E-state index contributed by atoms with van der Waals surface area (Å²) in [6.45, 7) is 4.10. The molecule has 0 radical (unpaired) electrons. The highest BCUT2D eigenvalue weighted by atomic mass is 16.5. The summed E-state index contributed by atoms with van der Waals surface area (Å²) in [4.78, 5) is 13.1. The minimum atomic E-state index is -0.151. The lowest BCUT2D eigenvalue weighted by Crippen LogP contribution is -2.35. The molecule has 1 aromatic rings. The Hall–Kier alpha value is -2.02. The molecule has 4 nitrogen and oxygen atoms in total. The van der Waals surface area contributed by atoms with Gasteiger partial charge in [0.25, 0.3) is 5.91 Å². The molecule has 0 spiro atoms. The minimum absolute atomic E-state index is 0.0593. The molecule has 0 N–H and O–H groups in total. The lowest BCUT2D eigenvalue weighted by Gasteiger charge is -2.27. The van der Waals surface area contributed by atoms with E-state index < -0.39 is 0 Å². The van der Waals surface area contributed by atoms with E-state index in [0.29, 0.717) is 5.75 Å². The molecule has 0 saturated heterocycles. The lowest BCUT2D eigenvalue weighted by atomic mass is 9.89. The number of ether oxygens (including phenoxy) is 1. The second-order valence-electron chi connectivity index (χ2n) is 4.82. The van der Waals surface area contributed by atoms with Gasteiger partial charge >= 0.3 is 0 Å². The van der Waals surface area contributed by atoms with Crippen molar-refractivity contribution in [2.24, 2.45) is 5.92 Å². The van der Waals surface area contributed by atoms with E-state index in [-0.39, 0.29) is 24.3 Å². The Balaban J connectivity index is 2.40. The van der Waals surface area contributed by atoms with E-state index in [0.717, 1.165) is 11.3 Å². The molecule has 2 rings (SSSR count). The van der Waals surface area contributed by atoms with Crippen molar-refractivity contribution in [3.63, 3.8) is 0 Å². The van der Waals surface area contributed by atoms with Gasteiger partial charge in [0.1, 0.15) is 5.75 Å². The lowest BCUT2D eigenvalue weighted by molar-refractivity contribution is -0.120. The first-order valence-corrected chi connectivity index (χ1v) is 5.97. The summed E-state index contributed by atoms with van der Waals surface area (Å²) >= 11 is 0. The third-order valence-electron chi connectivity index (χ3n) is 3.24. The molecule has 0 bridgehead atoms. The average molecular weight is 244 g/mol. The Morgan fingerprint density at radius 2 is 2.17 bits per heavy atom. The van der Waals surface area contributed by atoms with Crippen LogP contribution in [0.2, 0.25) is 0 Å². The van der Waals surface area contributed by atoms with Gasteiger partial charge in [-0.05, 0) is 23.6 Å². The molecule has 0 fully saturated rings. The zero-order valence-electron chi connectivity index (χ0n) is 10.8. The second kappa shape index (κ2) is 4.69. The first-order chi connectivity index (χ1) is 8.54. The maximum atomic E-state index is 11.5. The molecule has 1 heterocycles. The van der Waals surface area contributed by atoms with E-state index in [1.54, 1.807) is 11.9 Å². The minimum Gasteiger partial charge on any atom is -0.482 e. The fraction of sp³-hybridized carbons (Fsp3) is 0.429. The standard InChI is InChI=1S/C14H16N2O2/c1-9(2)11(7-15)10-4-5-12-13(6-10)18-8-14(17)16(12)3/h4-6,9,11H,8H2,1-3H3. The van der Waals surface area contributed by atoms with Crippen molar-refractivity contribution in [2.45, 2.75) is 19.8 Å². The fourth-order valence-corrected chi connectivity index (χ4v) is 2.10. The van der Waals surface area contributed by atoms with Crippen LogP contribution in [0.4, 0.5) is 5.69 Å². The number of anilines is 1. The van der Waals surface area contributed by atoms with E-state index in [1.807, 2.05) is 32.0 Å². The van der Waals surface area contributed by atoms with Gasteiger partial charge in [-0.15, -0.1) is 0 Å². The molecular formula is C14H16N2O2. The van der Waals surface area contributed by atoms with Gasteiger partial charge in [0.15, 0.2) is 6.61 Å². The number of benzene rings is 1. The van der Waals surface area contributed by atoms with Crippen LogP contribution in [-0.4, -0.2) is 19.6 Å². The van der Waals surface area contributed by atoms with E-state index in [2.05, 4.69) is 6.07 Å². The van der Waals surface area contributed by atoms with E-state index in [1.165, 1.54) is 0 Å². The maximum Gasteiger partial charge on any atom is 0.264 e. The van der Waals surface area contributed by atoms with Gasteiger partial charge in [-0.25, -0.2) is 0 Å². The number of carbonyl (C=O) groups is 1. The highest BCUT2D eigenvalue weighted by Gasteiger charge is 2.24. The van der Waals surface area contributed by atoms with Gasteiger partial charge in [0.2, 0.25) is 0 Å². The molecule has 94 valence electrons. The Morgan fingerprint density at radius 1 is 1.44 bits per heavy atom. The molecule has 18 heavy (non-hydrogen) atoms. The summed E-state index contributed by atoms with van der Waals surface area (Å²) in [5.41, 5.74) is 1.70. The molecule has 1 aliphatic rings. The highest BCUT2D eigenvalue weighted by molar-refractivity contribution is 5.97. The molecule has 4 heteroatoms. The van der Waals surface area contributed by atoms with Crippen LogP contribution in [-0.2, 0) is 4.79 Å². The predicted molar refractivity (Wildman–Crippen MR) is 68.5 cm³/mol. The third-order valence-corrected chi connectivity index (χ3v) is 3.24. The van der Waals surface area contributed by atoms with Crippen LogP contribution in [0.25, 0.3) is 0 Å². The number of carbonyl (C=O) groups excluding carboxylic acids is 1. The molecule has 1 aromatic carbocycles. The van der Waals surface area contributed by atoms with Gasteiger partial charge in [-0.2, -0.15) is 5.26 Å². The van der Waals surface area contributed by atoms with Crippen LogP contribution in [0, 0.1) is 17.2 Å². The molecule has 1 aliphatic heterocycles. The van der Waals surface area contributed by atoms with Crippen molar-refractivity contribution in [3.05, 3.63) is 23.8 Å². The normalized spacial score (nSPS) is 15.9. The van der Waals surface area contributed by atoms with Crippen molar-refractivity contribution in [3.8, 4) is 11.8 Å². The summed E-state index contributed by atoms with van der Waals surface area (Å²) in [5.74, 6) is 0.712. The Kier molecular flexibility index (Phi) is 3.24. The number of likely N-dealkylation sites (N-methyl/N-ethyl adjacent to an activating group) is 1. The molecule has 1 unspecified atom stereocenters. The Morgan fingerprint density at radius 3 is 2.78 bits per heavy atom. The van der Waals surface area contributed by atoms with Crippen LogP contribution in [0.15, 0.2) is 18.2 Å². The van der Waals surface area contributed by atoms with Gasteiger partial charge < -0.3 is 9.64 Å². The quantitative estimate of drug-likeness (QED) is 0.802. The van der Waals surface area contributed by atoms with Crippen molar-refractivity contribution >= 4 is 11.6 Å². The van der Waals surface area contributed by atoms with E-state index >= 15 is 0 Å². The predicted octanol–water partition coefficient (Wildman–Crippen LogP) is 2.30. The van der Waals surface area contributed by atoms with Crippen LogP contribution >= 0.6 is 0 Å². The Labute approximate surface area is 107 Å². The van der Waals surface area contributed by atoms with Crippen LogP contribution < -0.4 is 9.64 Å². The summed E-state index contributed by atoms with van der Waals surface area (Å²) < 4.78 is 5.42. The Bertz CT molecular complexity index is 517. The van der Waals surface area contributed by atoms with Crippen LogP contribution in [0.3, 0.4) is 0 Å². The summed E-state index contributed by atoms with van der Waals surface area (Å²) in [6, 6.07) is 7.91. The SMILES string of the molecule is CC(C)C(C#N)c1ccc2c(c1)OCC(=O)N2C. The fourth-order valence-electron chi connectivity index (χ4n) is 2.10. The average Bonchev–Trinajstić information content (AvgIpc) is 2.34. The van der Waals surface area contributed by atoms with Crippen molar-refractivity contribution in [1.29, 1.82) is 5.26 Å². The molecule has 0 aliphatic carbocycles. The van der Waals surface area contributed by atoms with Crippen molar-refractivity contribution < 1.29 is 9.53 Å². The molecule has 1 amide bonds. The first kappa shape index (κ1) is 12.4. The number of rotatable bonds is 2. The first-order valence-electron chi connectivity index (χ1n) is 5.97. The number of hydrogen-bond acceptors (Lipinski definition) is 3. The number of nitriles is 1. The van der Waals surface area contributed by atoms with Gasteiger partial charge in [0, 0.05) is 7.05 Å². The van der Waals surface area contributed by atoms with Crippen molar-refractivity contribution in [1.82, 2.24) is 0 Å². The molecule has 0 saturated carbocycles. The third kappa shape index (κ3) is 2.04. The van der Waals surface area contributed by atoms with Gasteiger partial charge in [-0.3, -0.25) is 4.79 Å². The largest absolute Gasteiger partial charge is 0.482 e. The smallest absolute Gasteiger partial charge is 0.264 e. The summed E-state index contributed by atoms with van der Waals surface area (Å²) in [6.07, 6.45) is 0. The topological polar surface area (TPSA) is 53.3 Å².